The van der Waals surface area contributed by atoms with Gasteiger partial charge >= 0.3 is 12.3 Å². The minimum Gasteiger partial charge on any atom is -0.441 e. The Morgan fingerprint density at radius 2 is 1.89 bits per heavy atom. The van der Waals surface area contributed by atoms with Gasteiger partial charge in [-0.15, -0.1) is 0 Å². The van der Waals surface area contributed by atoms with E-state index in [2.05, 4.69) is 20.3 Å². The zero-order chi connectivity index (χ0) is 26.7. The maximum Gasteiger partial charge on any atom is 0.416 e. The van der Waals surface area contributed by atoms with Gasteiger partial charge in [0.25, 0.3) is 0 Å². The van der Waals surface area contributed by atoms with Gasteiger partial charge in [-0.3, -0.25) is 4.90 Å². The van der Waals surface area contributed by atoms with Crippen LogP contribution in [-0.2, 0) is 23.8 Å². The molecule has 0 spiro atoms. The van der Waals surface area contributed by atoms with Crippen molar-refractivity contribution in [3.8, 4) is 5.69 Å². The molecule has 4 heterocycles. The molecule has 2 atom stereocenters. The van der Waals surface area contributed by atoms with E-state index in [0.29, 0.717) is 35.9 Å². The number of carbonyl (C=O) groups is 1. The van der Waals surface area contributed by atoms with Crippen LogP contribution in [0.2, 0.25) is 0 Å². The zero-order valence-electron chi connectivity index (χ0n) is 21.3. The first-order valence-corrected chi connectivity index (χ1v) is 12.2. The first-order valence-electron chi connectivity index (χ1n) is 12.2. The molecule has 2 aromatic heterocycles. The highest BCUT2D eigenvalue weighted by Gasteiger charge is 2.50. The minimum absolute atomic E-state index is 0.138. The summed E-state index contributed by atoms with van der Waals surface area (Å²) in [4.78, 5) is 27.8. The standard InChI is InChI=1S/C26H29F3N6O2/c1-14(2)22-25(4,5)37-24(36)35(22)20-10-11-30-23(33-20)32-15(3)21-19-8-6-16-12-17(26(27,28)29)7-9-18(16)34(19)13-31-21/h7,9-15,22H,6,8H2,1-5H3,(H,30,32,33)/t15?,22-/m0/s1. The third-order valence-corrected chi connectivity index (χ3v) is 7.01. The summed E-state index contributed by atoms with van der Waals surface area (Å²) in [7, 11) is 0. The van der Waals surface area contributed by atoms with Gasteiger partial charge in [0.1, 0.15) is 11.4 Å². The van der Waals surface area contributed by atoms with Crippen molar-refractivity contribution in [2.45, 2.75) is 71.3 Å². The highest BCUT2D eigenvalue weighted by Crippen LogP contribution is 2.38. The third kappa shape index (κ3) is 4.40. The van der Waals surface area contributed by atoms with Crippen LogP contribution in [0.25, 0.3) is 5.69 Å². The van der Waals surface area contributed by atoms with Crippen LogP contribution < -0.4 is 10.2 Å². The fourth-order valence-electron chi connectivity index (χ4n) is 5.57. The summed E-state index contributed by atoms with van der Waals surface area (Å²) in [5.74, 6) is 0.914. The number of hydrogen-bond donors (Lipinski definition) is 1. The Labute approximate surface area is 212 Å². The number of imidazole rings is 1. The number of alkyl halides is 3. The highest BCUT2D eigenvalue weighted by atomic mass is 19.4. The van der Waals surface area contributed by atoms with E-state index in [1.54, 1.807) is 23.5 Å². The van der Waals surface area contributed by atoms with E-state index in [1.807, 2.05) is 39.2 Å². The molecule has 1 amide bonds. The number of cyclic esters (lactones) is 1. The van der Waals surface area contributed by atoms with Crippen molar-refractivity contribution in [1.29, 1.82) is 0 Å². The Hall–Kier alpha value is -3.63. The van der Waals surface area contributed by atoms with Crippen LogP contribution in [-0.4, -0.2) is 37.3 Å². The van der Waals surface area contributed by atoms with Gasteiger partial charge in [0.2, 0.25) is 5.95 Å². The zero-order valence-corrected chi connectivity index (χ0v) is 21.3. The van der Waals surface area contributed by atoms with Crippen LogP contribution in [0.3, 0.4) is 0 Å². The van der Waals surface area contributed by atoms with Gasteiger partial charge in [-0.25, -0.2) is 14.8 Å². The van der Waals surface area contributed by atoms with Gasteiger partial charge in [-0.2, -0.15) is 18.2 Å². The molecule has 2 aliphatic rings. The predicted molar refractivity (Wildman–Crippen MR) is 132 cm³/mol. The summed E-state index contributed by atoms with van der Waals surface area (Å²) in [5, 5.41) is 3.27. The van der Waals surface area contributed by atoms with E-state index in [9.17, 15) is 18.0 Å². The lowest BCUT2D eigenvalue weighted by Gasteiger charge is -2.31. The SMILES string of the molecule is CC(Nc1nccc(N2C(=O)OC(C)(C)[C@@H]2C(C)C)n1)c1ncn2c1CCc1cc(C(F)(F)F)ccc1-2. The lowest BCUT2D eigenvalue weighted by Crippen LogP contribution is -2.45. The van der Waals surface area contributed by atoms with Crippen LogP contribution in [0.5, 0.6) is 0 Å². The fourth-order valence-corrected chi connectivity index (χ4v) is 5.57. The van der Waals surface area contributed by atoms with Gasteiger partial charge in [-0.05, 0) is 69.4 Å². The fraction of sp³-hybridized carbons (Fsp3) is 0.462. The van der Waals surface area contributed by atoms with Crippen molar-refractivity contribution in [3.63, 3.8) is 0 Å². The number of nitrogens with one attached hydrogen (secondary N) is 1. The summed E-state index contributed by atoms with van der Waals surface area (Å²) in [6.07, 6.45) is -0.552. The van der Waals surface area contributed by atoms with Gasteiger partial charge in [0, 0.05) is 17.6 Å². The number of rotatable bonds is 5. The lowest BCUT2D eigenvalue weighted by molar-refractivity contribution is -0.137. The number of amides is 1. The molecule has 1 fully saturated rings. The molecule has 1 unspecified atom stereocenters. The van der Waals surface area contributed by atoms with Crippen molar-refractivity contribution in [2.24, 2.45) is 5.92 Å². The summed E-state index contributed by atoms with van der Waals surface area (Å²) >= 11 is 0. The Morgan fingerprint density at radius 1 is 1.14 bits per heavy atom. The number of carbonyl (C=O) groups excluding carboxylic acids is 1. The second-order valence-corrected chi connectivity index (χ2v) is 10.4. The summed E-state index contributed by atoms with van der Waals surface area (Å²) in [6, 6.07) is 5.01. The molecular weight excluding hydrogens is 485 g/mol. The average Bonchev–Trinajstić information content (AvgIpc) is 3.35. The molecule has 37 heavy (non-hydrogen) atoms. The molecule has 0 radical (unpaired) electrons. The van der Waals surface area contributed by atoms with E-state index in [1.165, 1.54) is 12.1 Å². The number of ether oxygens (including phenoxy) is 1. The quantitative estimate of drug-likeness (QED) is 0.469. The molecule has 3 aromatic rings. The average molecular weight is 515 g/mol. The first kappa shape index (κ1) is 25.0. The Bertz CT molecular complexity index is 1350. The van der Waals surface area contributed by atoms with E-state index in [0.717, 1.165) is 17.5 Å². The van der Waals surface area contributed by atoms with Gasteiger partial charge in [0.15, 0.2) is 0 Å². The van der Waals surface area contributed by atoms with E-state index in [4.69, 9.17) is 4.74 Å². The summed E-state index contributed by atoms with van der Waals surface area (Å²) < 4.78 is 46.9. The second-order valence-electron chi connectivity index (χ2n) is 10.4. The van der Waals surface area contributed by atoms with E-state index < -0.39 is 23.4 Å². The number of fused-ring (bicyclic) bond motifs is 3. The number of aromatic nitrogens is 4. The molecular formula is C26H29F3N6O2. The number of anilines is 2. The minimum atomic E-state index is -4.38. The van der Waals surface area contributed by atoms with Gasteiger partial charge < -0.3 is 14.6 Å². The molecule has 2 aliphatic heterocycles. The number of nitrogens with zero attached hydrogens (tertiary/aromatic N) is 5. The van der Waals surface area contributed by atoms with Crippen LogP contribution in [0.4, 0.5) is 29.7 Å². The van der Waals surface area contributed by atoms with Gasteiger partial charge in [0.05, 0.1) is 29.7 Å². The maximum absolute atomic E-state index is 13.2. The van der Waals surface area contributed by atoms with Crippen LogP contribution in [0.15, 0.2) is 36.8 Å². The van der Waals surface area contributed by atoms with Crippen molar-refractivity contribution < 1.29 is 22.7 Å². The van der Waals surface area contributed by atoms with Crippen LogP contribution in [0, 0.1) is 5.92 Å². The Morgan fingerprint density at radius 3 is 2.59 bits per heavy atom. The molecule has 11 heteroatoms. The highest BCUT2D eigenvalue weighted by molar-refractivity contribution is 5.90. The van der Waals surface area contributed by atoms with Gasteiger partial charge in [-0.1, -0.05) is 13.8 Å². The van der Waals surface area contributed by atoms with Crippen molar-refractivity contribution in [3.05, 3.63) is 59.3 Å². The van der Waals surface area contributed by atoms with Crippen molar-refractivity contribution in [1.82, 2.24) is 19.5 Å². The normalized spacial score (nSPS) is 19.4. The summed E-state index contributed by atoms with van der Waals surface area (Å²) in [6.45, 7) is 9.77. The second kappa shape index (κ2) is 8.74. The molecule has 0 bridgehead atoms. The topological polar surface area (TPSA) is 85.2 Å². The van der Waals surface area contributed by atoms with Crippen molar-refractivity contribution >= 4 is 17.9 Å². The monoisotopic (exact) mass is 514 g/mol. The third-order valence-electron chi connectivity index (χ3n) is 7.01. The number of benzene rings is 1. The van der Waals surface area contributed by atoms with E-state index >= 15 is 0 Å². The first-order chi connectivity index (χ1) is 17.4. The Balaban J connectivity index is 1.39. The van der Waals surface area contributed by atoms with Crippen LogP contribution in [0.1, 0.15) is 63.2 Å². The number of halogens is 3. The number of aryl methyl sites for hydroxylation is 1. The van der Waals surface area contributed by atoms with Crippen molar-refractivity contribution in [2.75, 3.05) is 10.2 Å². The number of hydrogen-bond acceptors (Lipinski definition) is 6. The summed E-state index contributed by atoms with van der Waals surface area (Å²) in [5.41, 5.74) is 1.72. The molecule has 1 N–H and O–H groups in total. The van der Waals surface area contributed by atoms with E-state index in [-0.39, 0.29) is 18.0 Å². The Kier molecular flexibility index (Phi) is 5.91. The molecule has 1 saturated heterocycles. The largest absolute Gasteiger partial charge is 0.441 e. The smallest absolute Gasteiger partial charge is 0.416 e. The van der Waals surface area contributed by atoms with Crippen LogP contribution >= 0.6 is 0 Å². The molecule has 0 saturated carbocycles. The molecule has 0 aliphatic carbocycles. The molecule has 8 nitrogen and oxygen atoms in total. The molecule has 1 aromatic carbocycles. The lowest BCUT2D eigenvalue weighted by atomic mass is 9.89. The molecule has 5 rings (SSSR count). The predicted octanol–water partition coefficient (Wildman–Crippen LogP) is 5.71. The molecule has 196 valence electrons. The maximum atomic E-state index is 13.2.